The third kappa shape index (κ3) is 7.02. The van der Waals surface area contributed by atoms with Crippen LogP contribution in [0.25, 0.3) is 21.8 Å². The topological polar surface area (TPSA) is 113 Å². The van der Waals surface area contributed by atoms with Gasteiger partial charge < -0.3 is 24.9 Å². The third-order valence-corrected chi connectivity index (χ3v) is 5.92. The molecule has 0 radical (unpaired) electrons. The Morgan fingerprint density at radius 1 is 0.971 bits per heavy atom. The van der Waals surface area contributed by atoms with Crippen LogP contribution in [0.2, 0.25) is 0 Å². The number of aliphatic hydroxyl groups is 1. The molecule has 1 atom stereocenters. The van der Waals surface area contributed by atoms with Crippen LogP contribution in [0, 0.1) is 0 Å². The van der Waals surface area contributed by atoms with Crippen molar-refractivity contribution in [3.63, 3.8) is 0 Å². The van der Waals surface area contributed by atoms with Crippen molar-refractivity contribution in [3.8, 4) is 11.5 Å². The van der Waals surface area contributed by atoms with E-state index in [0.29, 0.717) is 37.6 Å². The lowest BCUT2D eigenvalue weighted by Gasteiger charge is -2.14. The molecule has 0 aliphatic heterocycles. The molecule has 0 saturated carbocycles. The van der Waals surface area contributed by atoms with Crippen molar-refractivity contribution in [2.24, 2.45) is 0 Å². The second-order valence-electron chi connectivity index (χ2n) is 8.04. The Bertz CT molecular complexity index is 1390. The van der Waals surface area contributed by atoms with Gasteiger partial charge in [0.1, 0.15) is 18.1 Å². The second-order valence-corrected chi connectivity index (χ2v) is 9.79. The van der Waals surface area contributed by atoms with Crippen LogP contribution in [0.3, 0.4) is 0 Å². The highest BCUT2D eigenvalue weighted by Crippen LogP contribution is 2.30. The van der Waals surface area contributed by atoms with Gasteiger partial charge in [0.15, 0.2) is 0 Å². The maximum atomic E-state index is 11.4. The Hall–Kier alpha value is -2.98. The molecule has 10 heteroatoms. The lowest BCUT2D eigenvalue weighted by Crippen LogP contribution is -2.26. The lowest BCUT2D eigenvalue weighted by molar-refractivity contribution is 0.172. The minimum absolute atomic E-state index is 0. The Kier molecular flexibility index (Phi) is 8.85. The van der Waals surface area contributed by atoms with E-state index in [0.717, 1.165) is 39.6 Å². The maximum absolute atomic E-state index is 11.4. The van der Waals surface area contributed by atoms with E-state index in [1.165, 1.54) is 0 Å². The van der Waals surface area contributed by atoms with Gasteiger partial charge in [-0.15, -0.1) is 12.4 Å². The first-order chi connectivity index (χ1) is 16.3. The van der Waals surface area contributed by atoms with E-state index in [4.69, 9.17) is 9.47 Å². The summed E-state index contributed by atoms with van der Waals surface area (Å²) >= 11 is 0. The Morgan fingerprint density at radius 2 is 1.63 bits per heavy atom. The predicted molar refractivity (Wildman–Crippen MR) is 142 cm³/mol. The highest BCUT2D eigenvalue weighted by Gasteiger charge is 2.10. The zero-order valence-corrected chi connectivity index (χ0v) is 21.2. The molecule has 0 fully saturated rings. The van der Waals surface area contributed by atoms with Gasteiger partial charge in [0.05, 0.1) is 30.0 Å². The Labute approximate surface area is 211 Å². The van der Waals surface area contributed by atoms with Crippen molar-refractivity contribution in [2.75, 3.05) is 37.3 Å². The minimum Gasteiger partial charge on any atom is -0.494 e. The molecule has 0 saturated heterocycles. The Balaban J connectivity index is 0.00000342. The smallest absolute Gasteiger partial charge is 0.229 e. The number of anilines is 1. The second kappa shape index (κ2) is 11.6. The average molecular weight is 520 g/mol. The molecule has 35 heavy (non-hydrogen) atoms. The monoisotopic (exact) mass is 519 g/mol. The number of hydrogen-bond donors (Lipinski definition) is 4. The highest BCUT2D eigenvalue weighted by molar-refractivity contribution is 7.92. The molecule has 1 unspecified atom stereocenters. The van der Waals surface area contributed by atoms with E-state index >= 15 is 0 Å². The van der Waals surface area contributed by atoms with Crippen LogP contribution in [-0.2, 0) is 10.0 Å². The fourth-order valence-corrected chi connectivity index (χ4v) is 4.39. The third-order valence-electron chi connectivity index (χ3n) is 5.31. The molecule has 4 aromatic rings. The number of fused-ring (bicyclic) bond motifs is 3. The van der Waals surface area contributed by atoms with Crippen molar-refractivity contribution in [2.45, 2.75) is 13.0 Å². The van der Waals surface area contributed by atoms with Gasteiger partial charge in [0, 0.05) is 41.7 Å². The first kappa shape index (κ1) is 26.6. The fourth-order valence-electron chi connectivity index (χ4n) is 3.84. The molecule has 4 N–H and O–H groups in total. The number of benzene rings is 3. The molecule has 4 rings (SSSR count). The normalized spacial score (nSPS) is 12.3. The first-order valence-corrected chi connectivity index (χ1v) is 13.0. The zero-order valence-electron chi connectivity index (χ0n) is 19.6. The van der Waals surface area contributed by atoms with Crippen LogP contribution in [0.1, 0.15) is 18.6 Å². The van der Waals surface area contributed by atoms with Gasteiger partial charge in [-0.25, -0.2) is 8.42 Å². The van der Waals surface area contributed by atoms with Gasteiger partial charge in [0.25, 0.3) is 0 Å². The predicted octanol–water partition coefficient (Wildman–Crippen LogP) is 4.22. The van der Waals surface area contributed by atoms with Crippen LogP contribution >= 0.6 is 12.4 Å². The number of hydrogen-bond acceptors (Lipinski definition) is 6. The summed E-state index contributed by atoms with van der Waals surface area (Å²) in [6.45, 7) is 3.88. The van der Waals surface area contributed by atoms with Crippen molar-refractivity contribution >= 4 is 49.9 Å². The molecule has 1 heterocycles. The molecule has 0 aliphatic rings. The lowest BCUT2D eigenvalue weighted by atomic mass is 10.1. The van der Waals surface area contributed by atoms with Crippen LogP contribution in [0.4, 0.5) is 5.69 Å². The molecule has 0 spiro atoms. The summed E-state index contributed by atoms with van der Waals surface area (Å²) in [6, 6.07) is 18.7. The van der Waals surface area contributed by atoms with E-state index in [1.807, 2.05) is 37.3 Å². The number of aromatic nitrogens is 1. The SMILES string of the molecule is CCOc1ccc2c(c1)[nH]c1cc(OCCNCC(O)c3cccc(NS(C)(=O)=O)c3)ccc12.Cl. The molecule has 188 valence electrons. The van der Waals surface area contributed by atoms with E-state index in [1.54, 1.807) is 24.3 Å². The van der Waals surface area contributed by atoms with Gasteiger partial charge in [-0.05, 0) is 48.9 Å². The zero-order chi connectivity index (χ0) is 24.1. The number of aromatic amines is 1. The Morgan fingerprint density at radius 3 is 2.26 bits per heavy atom. The van der Waals surface area contributed by atoms with Crippen LogP contribution in [-0.4, -0.2) is 51.1 Å². The molecule has 1 aromatic heterocycles. The van der Waals surface area contributed by atoms with E-state index in [2.05, 4.69) is 21.1 Å². The van der Waals surface area contributed by atoms with Gasteiger partial charge >= 0.3 is 0 Å². The first-order valence-electron chi connectivity index (χ1n) is 11.1. The summed E-state index contributed by atoms with van der Waals surface area (Å²) in [4.78, 5) is 3.42. The molecule has 0 amide bonds. The number of rotatable bonds is 11. The fraction of sp³-hybridized carbons (Fsp3) is 0.280. The number of sulfonamides is 1. The standard InChI is InChI=1S/C25H29N3O5S.ClH/c1-3-32-19-7-9-21-22-10-8-20(15-24(22)27-23(21)14-19)33-12-11-26-16-25(29)17-5-4-6-18(13-17)28-34(2,30)31;/h4-10,13-15,25-29H,3,11-12,16H2,1-2H3;1H. The van der Waals surface area contributed by atoms with Gasteiger partial charge in [-0.1, -0.05) is 12.1 Å². The van der Waals surface area contributed by atoms with Crippen molar-refractivity contribution < 1.29 is 23.0 Å². The summed E-state index contributed by atoms with van der Waals surface area (Å²) in [5.74, 6) is 1.59. The van der Waals surface area contributed by atoms with E-state index in [-0.39, 0.29) is 12.4 Å². The molecule has 8 nitrogen and oxygen atoms in total. The number of halogens is 1. The van der Waals surface area contributed by atoms with Crippen molar-refractivity contribution in [1.29, 1.82) is 0 Å². The largest absolute Gasteiger partial charge is 0.494 e. The molecule has 0 bridgehead atoms. The number of H-pyrrole nitrogens is 1. The van der Waals surface area contributed by atoms with Crippen molar-refractivity contribution in [3.05, 3.63) is 66.2 Å². The van der Waals surface area contributed by atoms with Gasteiger partial charge in [-0.3, -0.25) is 4.72 Å². The summed E-state index contributed by atoms with van der Waals surface area (Å²) in [5.41, 5.74) is 3.05. The van der Waals surface area contributed by atoms with E-state index < -0.39 is 16.1 Å². The summed E-state index contributed by atoms with van der Waals surface area (Å²) in [7, 11) is -3.37. The van der Waals surface area contributed by atoms with Crippen LogP contribution < -0.4 is 19.5 Å². The quantitative estimate of drug-likeness (QED) is 0.221. The van der Waals surface area contributed by atoms with Gasteiger partial charge in [0.2, 0.25) is 10.0 Å². The van der Waals surface area contributed by atoms with Crippen LogP contribution in [0.5, 0.6) is 11.5 Å². The molecular weight excluding hydrogens is 490 g/mol. The summed E-state index contributed by atoms with van der Waals surface area (Å²) < 4.78 is 36.6. The highest BCUT2D eigenvalue weighted by atomic mass is 35.5. The average Bonchev–Trinajstić information content (AvgIpc) is 3.15. The van der Waals surface area contributed by atoms with Gasteiger partial charge in [-0.2, -0.15) is 0 Å². The number of aliphatic hydroxyl groups excluding tert-OH is 1. The minimum atomic E-state index is -3.37. The maximum Gasteiger partial charge on any atom is 0.229 e. The number of ether oxygens (including phenoxy) is 2. The summed E-state index contributed by atoms with van der Waals surface area (Å²) in [5, 5.41) is 15.8. The molecular formula is C25H30ClN3O5S. The molecule has 3 aromatic carbocycles. The van der Waals surface area contributed by atoms with Crippen molar-refractivity contribution in [1.82, 2.24) is 10.3 Å². The van der Waals surface area contributed by atoms with E-state index in [9.17, 15) is 13.5 Å². The summed E-state index contributed by atoms with van der Waals surface area (Å²) in [6.07, 6.45) is 0.317. The van der Waals surface area contributed by atoms with Crippen LogP contribution in [0.15, 0.2) is 60.7 Å². The number of nitrogens with one attached hydrogen (secondary N) is 3. The molecule has 0 aliphatic carbocycles.